The van der Waals surface area contributed by atoms with Crippen LogP contribution in [0.2, 0.25) is 0 Å². The Balaban J connectivity index is 2.31. The highest BCUT2D eigenvalue weighted by Crippen LogP contribution is 2.30. The number of carboxylic acid groups (broad SMARTS) is 1. The van der Waals surface area contributed by atoms with Crippen molar-refractivity contribution >= 4 is 23.3 Å². The van der Waals surface area contributed by atoms with E-state index in [1.165, 1.54) is 6.07 Å². The van der Waals surface area contributed by atoms with Crippen LogP contribution in [-0.4, -0.2) is 43.7 Å². The second-order valence-electron chi connectivity index (χ2n) is 4.11. The van der Waals surface area contributed by atoms with Gasteiger partial charge in [0.25, 0.3) is 0 Å². The van der Waals surface area contributed by atoms with E-state index in [2.05, 4.69) is 10.6 Å². The number of nitrogens with one attached hydrogen (secondary N) is 2. The van der Waals surface area contributed by atoms with Gasteiger partial charge in [0, 0.05) is 13.1 Å². The normalized spacial score (nSPS) is 14.1. The van der Waals surface area contributed by atoms with Gasteiger partial charge in [0.2, 0.25) is 5.91 Å². The molecule has 3 N–H and O–H groups in total. The Bertz CT molecular complexity index is 487. The molecular formula is C12H15N3O3. The number of rotatable bonds is 4. The highest BCUT2D eigenvalue weighted by Gasteiger charge is 2.22. The lowest BCUT2D eigenvalue weighted by Crippen LogP contribution is -2.41. The number of hydrogen-bond acceptors (Lipinski definition) is 4. The molecule has 1 aliphatic heterocycles. The highest BCUT2D eigenvalue weighted by atomic mass is 16.4. The molecule has 18 heavy (non-hydrogen) atoms. The predicted octanol–water partition coefficient (Wildman–Crippen LogP) is 0.363. The molecule has 1 aromatic carbocycles. The van der Waals surface area contributed by atoms with E-state index in [4.69, 9.17) is 5.11 Å². The van der Waals surface area contributed by atoms with E-state index in [0.717, 1.165) is 12.2 Å². The van der Waals surface area contributed by atoms with Gasteiger partial charge in [-0.1, -0.05) is 0 Å². The standard InChI is InChI=1S/C12H15N3O3/c1-13-4-5-15-7-11(16)14-9-6-8(12(17)18)2-3-10(9)15/h2-3,6,13H,4-5,7H2,1H3,(H,14,16)(H,17,18). The Hall–Kier alpha value is -2.08. The molecule has 0 unspecified atom stereocenters. The molecule has 0 aromatic heterocycles. The summed E-state index contributed by atoms with van der Waals surface area (Å²) in [5.41, 5.74) is 1.58. The van der Waals surface area contributed by atoms with Gasteiger partial charge >= 0.3 is 5.97 Å². The third kappa shape index (κ3) is 2.43. The van der Waals surface area contributed by atoms with Crippen LogP contribution in [0.1, 0.15) is 10.4 Å². The van der Waals surface area contributed by atoms with Gasteiger partial charge in [0.05, 0.1) is 23.5 Å². The van der Waals surface area contributed by atoms with Crippen LogP contribution in [-0.2, 0) is 4.79 Å². The molecular weight excluding hydrogens is 234 g/mol. The number of anilines is 2. The maximum absolute atomic E-state index is 11.6. The molecule has 0 spiro atoms. The van der Waals surface area contributed by atoms with Gasteiger partial charge in [-0.15, -0.1) is 0 Å². The third-order valence-electron chi connectivity index (χ3n) is 2.82. The van der Waals surface area contributed by atoms with Crippen molar-refractivity contribution in [3.05, 3.63) is 23.8 Å². The van der Waals surface area contributed by atoms with Gasteiger partial charge in [-0.2, -0.15) is 0 Å². The lowest BCUT2D eigenvalue weighted by Gasteiger charge is -2.31. The molecule has 1 amide bonds. The van der Waals surface area contributed by atoms with E-state index in [0.29, 0.717) is 18.8 Å². The fourth-order valence-corrected chi connectivity index (χ4v) is 1.94. The minimum absolute atomic E-state index is 0.124. The van der Waals surface area contributed by atoms with Gasteiger partial charge in [0.1, 0.15) is 0 Å². The van der Waals surface area contributed by atoms with Crippen LogP contribution < -0.4 is 15.5 Å². The van der Waals surface area contributed by atoms with Crippen LogP contribution in [0, 0.1) is 0 Å². The van der Waals surface area contributed by atoms with Crippen molar-refractivity contribution < 1.29 is 14.7 Å². The molecule has 0 atom stereocenters. The summed E-state index contributed by atoms with van der Waals surface area (Å²) in [6, 6.07) is 4.76. The Morgan fingerprint density at radius 3 is 3.00 bits per heavy atom. The van der Waals surface area contributed by atoms with E-state index in [-0.39, 0.29) is 11.5 Å². The van der Waals surface area contributed by atoms with Crippen molar-refractivity contribution in [3.8, 4) is 0 Å². The average molecular weight is 249 g/mol. The van der Waals surface area contributed by atoms with Crippen molar-refractivity contribution in [1.29, 1.82) is 0 Å². The SMILES string of the molecule is CNCCN1CC(=O)Nc2cc(C(=O)O)ccc21. The Morgan fingerprint density at radius 2 is 2.33 bits per heavy atom. The quantitative estimate of drug-likeness (QED) is 0.718. The van der Waals surface area contributed by atoms with Gasteiger partial charge in [-0.3, -0.25) is 4.79 Å². The maximum atomic E-state index is 11.6. The number of nitrogens with zero attached hydrogens (tertiary/aromatic N) is 1. The topological polar surface area (TPSA) is 81.7 Å². The zero-order valence-corrected chi connectivity index (χ0v) is 10.1. The lowest BCUT2D eigenvalue weighted by molar-refractivity contribution is -0.115. The largest absolute Gasteiger partial charge is 0.478 e. The first kappa shape index (κ1) is 12.4. The summed E-state index contributed by atoms with van der Waals surface area (Å²) in [6.07, 6.45) is 0. The van der Waals surface area contributed by atoms with E-state index < -0.39 is 5.97 Å². The first-order valence-electron chi connectivity index (χ1n) is 5.68. The molecule has 0 saturated carbocycles. The molecule has 1 heterocycles. The molecule has 0 aliphatic carbocycles. The van der Waals surface area contributed by atoms with E-state index in [9.17, 15) is 9.59 Å². The van der Waals surface area contributed by atoms with Gasteiger partial charge < -0.3 is 20.6 Å². The number of amides is 1. The molecule has 0 bridgehead atoms. The number of fused-ring (bicyclic) bond motifs is 1. The molecule has 6 heteroatoms. The lowest BCUT2D eigenvalue weighted by atomic mass is 10.1. The van der Waals surface area contributed by atoms with Crippen molar-refractivity contribution in [1.82, 2.24) is 5.32 Å². The van der Waals surface area contributed by atoms with Crippen LogP contribution in [0.15, 0.2) is 18.2 Å². The fraction of sp³-hybridized carbons (Fsp3) is 0.333. The van der Waals surface area contributed by atoms with Gasteiger partial charge in [0.15, 0.2) is 0 Å². The number of aromatic carboxylic acids is 1. The summed E-state index contributed by atoms with van der Waals surface area (Å²) in [4.78, 5) is 24.4. The van der Waals surface area contributed by atoms with Crippen LogP contribution in [0.25, 0.3) is 0 Å². The van der Waals surface area contributed by atoms with Gasteiger partial charge in [-0.05, 0) is 25.2 Å². The van der Waals surface area contributed by atoms with Crippen LogP contribution in [0.5, 0.6) is 0 Å². The fourth-order valence-electron chi connectivity index (χ4n) is 1.94. The van der Waals surface area contributed by atoms with E-state index in [1.807, 2.05) is 11.9 Å². The number of carboxylic acids is 1. The molecule has 2 rings (SSSR count). The van der Waals surface area contributed by atoms with Crippen molar-refractivity contribution in [2.45, 2.75) is 0 Å². The van der Waals surface area contributed by atoms with Crippen molar-refractivity contribution in [2.75, 3.05) is 36.9 Å². The monoisotopic (exact) mass is 249 g/mol. The number of carbonyl (C=O) groups is 2. The Labute approximate surface area is 105 Å². The number of likely N-dealkylation sites (N-methyl/N-ethyl adjacent to an activating group) is 1. The Morgan fingerprint density at radius 1 is 1.56 bits per heavy atom. The zero-order chi connectivity index (χ0) is 13.1. The van der Waals surface area contributed by atoms with Crippen molar-refractivity contribution in [2.24, 2.45) is 0 Å². The summed E-state index contributed by atoms with van der Waals surface area (Å²) in [6.45, 7) is 1.75. The van der Waals surface area contributed by atoms with E-state index in [1.54, 1.807) is 12.1 Å². The van der Waals surface area contributed by atoms with Gasteiger partial charge in [-0.25, -0.2) is 4.79 Å². The molecule has 0 saturated heterocycles. The molecule has 0 radical (unpaired) electrons. The average Bonchev–Trinajstić information content (AvgIpc) is 2.34. The number of carbonyl (C=O) groups excluding carboxylic acids is 1. The minimum Gasteiger partial charge on any atom is -0.478 e. The summed E-state index contributed by atoms with van der Waals surface area (Å²) < 4.78 is 0. The predicted molar refractivity (Wildman–Crippen MR) is 68.2 cm³/mol. The number of benzene rings is 1. The second-order valence-corrected chi connectivity index (χ2v) is 4.11. The molecule has 6 nitrogen and oxygen atoms in total. The summed E-state index contributed by atoms with van der Waals surface area (Å²) in [5.74, 6) is -1.12. The molecule has 1 aromatic rings. The molecule has 0 fully saturated rings. The van der Waals surface area contributed by atoms with E-state index >= 15 is 0 Å². The highest BCUT2D eigenvalue weighted by molar-refractivity contribution is 6.03. The molecule has 96 valence electrons. The van der Waals surface area contributed by atoms with Crippen LogP contribution >= 0.6 is 0 Å². The first-order valence-corrected chi connectivity index (χ1v) is 5.68. The smallest absolute Gasteiger partial charge is 0.335 e. The third-order valence-corrected chi connectivity index (χ3v) is 2.82. The summed E-state index contributed by atoms with van der Waals surface area (Å²) in [7, 11) is 1.85. The van der Waals surface area contributed by atoms with Crippen LogP contribution in [0.3, 0.4) is 0 Å². The Kier molecular flexibility index (Phi) is 3.47. The van der Waals surface area contributed by atoms with Crippen LogP contribution in [0.4, 0.5) is 11.4 Å². The zero-order valence-electron chi connectivity index (χ0n) is 10.1. The summed E-state index contributed by atoms with van der Waals surface area (Å²) >= 11 is 0. The first-order chi connectivity index (χ1) is 8.61. The maximum Gasteiger partial charge on any atom is 0.335 e. The number of hydrogen-bond donors (Lipinski definition) is 3. The summed E-state index contributed by atoms with van der Waals surface area (Å²) in [5, 5.41) is 14.6. The van der Waals surface area contributed by atoms with Crippen molar-refractivity contribution in [3.63, 3.8) is 0 Å². The second kappa shape index (κ2) is 5.05. The molecule has 1 aliphatic rings. The minimum atomic E-state index is -1.00.